The maximum Gasteiger partial charge on any atom is 0.207 e. The molecule has 0 amide bonds. The van der Waals surface area contributed by atoms with Gasteiger partial charge in [0.1, 0.15) is 0 Å². The van der Waals surface area contributed by atoms with Crippen LogP contribution in [0.4, 0.5) is 11.6 Å². The van der Waals surface area contributed by atoms with E-state index >= 15 is 0 Å². The zero-order valence-electron chi connectivity index (χ0n) is 9.45. The Labute approximate surface area is 110 Å². The van der Waals surface area contributed by atoms with Gasteiger partial charge in [-0.2, -0.15) is 0 Å². The maximum atomic E-state index is 5.94. The summed E-state index contributed by atoms with van der Waals surface area (Å²) in [6, 6.07) is 5.34. The van der Waals surface area contributed by atoms with Crippen LogP contribution in [0.1, 0.15) is 13.3 Å². The molecule has 0 bridgehead atoms. The average Bonchev–Trinajstić information content (AvgIpc) is 2.65. The molecule has 0 saturated heterocycles. The number of hydrogen-bond donors (Lipinski definition) is 1. The van der Waals surface area contributed by atoms with E-state index in [1.807, 2.05) is 18.3 Å². The minimum Gasteiger partial charge on any atom is -0.326 e. The minimum absolute atomic E-state index is 0.605. The second-order valence-corrected chi connectivity index (χ2v) is 4.60. The van der Waals surface area contributed by atoms with E-state index in [-0.39, 0.29) is 0 Å². The lowest BCUT2D eigenvalue weighted by atomic mass is 10.3. The highest BCUT2D eigenvalue weighted by atomic mass is 35.5. The summed E-state index contributed by atoms with van der Waals surface area (Å²) in [4.78, 5) is 4.26. The number of nitrogens with zero attached hydrogens (tertiary/aromatic N) is 2. The Bertz CT molecular complexity index is 488. The molecule has 1 aromatic carbocycles. The van der Waals surface area contributed by atoms with Crippen LogP contribution in [0.3, 0.4) is 0 Å². The quantitative estimate of drug-likeness (QED) is 0.895. The number of aryl methyl sites for hydroxylation is 1. The Morgan fingerprint density at radius 1 is 1.24 bits per heavy atom. The first kappa shape index (κ1) is 12.3. The Morgan fingerprint density at radius 2 is 1.94 bits per heavy atom. The van der Waals surface area contributed by atoms with E-state index in [9.17, 15) is 0 Å². The fourth-order valence-electron chi connectivity index (χ4n) is 1.61. The van der Waals surface area contributed by atoms with Crippen molar-refractivity contribution in [1.29, 1.82) is 0 Å². The van der Waals surface area contributed by atoms with Crippen molar-refractivity contribution in [2.75, 3.05) is 5.32 Å². The van der Waals surface area contributed by atoms with Gasteiger partial charge in [-0.15, -0.1) is 0 Å². The number of halogens is 2. The SMILES string of the molecule is CCCn1ccnc1Nc1cc(Cl)cc(Cl)c1. The van der Waals surface area contributed by atoms with Gasteiger partial charge in [-0.05, 0) is 24.6 Å². The number of anilines is 2. The van der Waals surface area contributed by atoms with Crippen molar-refractivity contribution in [3.63, 3.8) is 0 Å². The van der Waals surface area contributed by atoms with Crippen LogP contribution >= 0.6 is 23.2 Å². The molecule has 0 radical (unpaired) electrons. The zero-order valence-corrected chi connectivity index (χ0v) is 11.0. The molecule has 3 nitrogen and oxygen atoms in total. The molecular formula is C12H13Cl2N3. The summed E-state index contributed by atoms with van der Waals surface area (Å²) < 4.78 is 2.05. The molecule has 0 unspecified atom stereocenters. The minimum atomic E-state index is 0.605. The molecule has 1 heterocycles. The van der Waals surface area contributed by atoms with E-state index < -0.39 is 0 Å². The molecule has 0 fully saturated rings. The molecule has 0 aliphatic rings. The first-order valence-corrected chi connectivity index (χ1v) is 6.19. The Balaban J connectivity index is 2.22. The summed E-state index contributed by atoms with van der Waals surface area (Å²) >= 11 is 11.9. The molecule has 2 rings (SSSR count). The molecule has 90 valence electrons. The number of benzene rings is 1. The van der Waals surface area contributed by atoms with Crippen molar-refractivity contribution in [1.82, 2.24) is 9.55 Å². The molecule has 0 saturated carbocycles. The fourth-order valence-corrected chi connectivity index (χ4v) is 2.14. The molecular weight excluding hydrogens is 257 g/mol. The molecule has 1 N–H and O–H groups in total. The predicted molar refractivity (Wildman–Crippen MR) is 72.3 cm³/mol. The van der Waals surface area contributed by atoms with E-state index in [1.54, 1.807) is 12.3 Å². The van der Waals surface area contributed by atoms with Gasteiger partial charge in [-0.25, -0.2) is 4.98 Å². The van der Waals surface area contributed by atoms with Gasteiger partial charge in [0.15, 0.2) is 0 Å². The number of nitrogens with one attached hydrogen (secondary N) is 1. The van der Waals surface area contributed by atoms with Gasteiger partial charge in [0.2, 0.25) is 5.95 Å². The van der Waals surface area contributed by atoms with Crippen molar-refractivity contribution in [2.45, 2.75) is 19.9 Å². The van der Waals surface area contributed by atoms with Crippen LogP contribution in [-0.4, -0.2) is 9.55 Å². The summed E-state index contributed by atoms with van der Waals surface area (Å²) in [7, 11) is 0. The van der Waals surface area contributed by atoms with Gasteiger partial charge in [0.05, 0.1) is 0 Å². The van der Waals surface area contributed by atoms with E-state index in [1.165, 1.54) is 0 Å². The summed E-state index contributed by atoms with van der Waals surface area (Å²) in [6.07, 6.45) is 4.77. The van der Waals surface area contributed by atoms with Crippen LogP contribution in [-0.2, 0) is 6.54 Å². The van der Waals surface area contributed by atoms with Crippen molar-refractivity contribution >= 4 is 34.8 Å². The van der Waals surface area contributed by atoms with Crippen molar-refractivity contribution in [3.05, 3.63) is 40.6 Å². The molecule has 5 heteroatoms. The van der Waals surface area contributed by atoms with Gasteiger partial charge >= 0.3 is 0 Å². The third-order valence-corrected chi connectivity index (χ3v) is 2.74. The van der Waals surface area contributed by atoms with E-state index in [2.05, 4.69) is 21.8 Å². The Hall–Kier alpha value is -1.19. The lowest BCUT2D eigenvalue weighted by molar-refractivity contribution is 0.686. The van der Waals surface area contributed by atoms with Crippen LogP contribution < -0.4 is 5.32 Å². The van der Waals surface area contributed by atoms with E-state index in [0.717, 1.165) is 24.6 Å². The monoisotopic (exact) mass is 269 g/mol. The highest BCUT2D eigenvalue weighted by Crippen LogP contribution is 2.24. The highest BCUT2D eigenvalue weighted by molar-refractivity contribution is 6.35. The normalized spacial score (nSPS) is 10.5. The van der Waals surface area contributed by atoms with Crippen molar-refractivity contribution in [2.24, 2.45) is 0 Å². The molecule has 0 atom stereocenters. The van der Waals surface area contributed by atoms with Crippen molar-refractivity contribution < 1.29 is 0 Å². The van der Waals surface area contributed by atoms with Crippen LogP contribution in [0.25, 0.3) is 0 Å². The van der Waals surface area contributed by atoms with Crippen LogP contribution in [0, 0.1) is 0 Å². The summed E-state index contributed by atoms with van der Waals surface area (Å²) in [5, 5.41) is 4.41. The third-order valence-electron chi connectivity index (χ3n) is 2.30. The van der Waals surface area contributed by atoms with Gasteiger partial charge < -0.3 is 9.88 Å². The van der Waals surface area contributed by atoms with Gasteiger partial charge in [-0.3, -0.25) is 0 Å². The fraction of sp³-hybridized carbons (Fsp3) is 0.250. The van der Waals surface area contributed by atoms with E-state index in [0.29, 0.717) is 10.0 Å². The number of rotatable bonds is 4. The summed E-state index contributed by atoms with van der Waals surface area (Å²) in [5.41, 5.74) is 0.839. The van der Waals surface area contributed by atoms with Crippen molar-refractivity contribution in [3.8, 4) is 0 Å². The summed E-state index contributed by atoms with van der Waals surface area (Å²) in [6.45, 7) is 3.05. The zero-order chi connectivity index (χ0) is 12.3. The molecule has 2 aromatic rings. The Morgan fingerprint density at radius 3 is 2.59 bits per heavy atom. The molecule has 17 heavy (non-hydrogen) atoms. The smallest absolute Gasteiger partial charge is 0.207 e. The first-order chi connectivity index (χ1) is 8.19. The predicted octanol–water partition coefficient (Wildman–Crippen LogP) is 4.34. The average molecular weight is 270 g/mol. The number of imidazole rings is 1. The van der Waals surface area contributed by atoms with Gasteiger partial charge in [0.25, 0.3) is 0 Å². The maximum absolute atomic E-state index is 5.94. The lowest BCUT2D eigenvalue weighted by Gasteiger charge is -2.09. The van der Waals surface area contributed by atoms with Crippen LogP contribution in [0.2, 0.25) is 10.0 Å². The largest absolute Gasteiger partial charge is 0.326 e. The second kappa shape index (κ2) is 5.43. The molecule has 1 aromatic heterocycles. The Kier molecular flexibility index (Phi) is 3.92. The standard InChI is InChI=1S/C12H13Cl2N3/c1-2-4-17-5-3-15-12(17)16-11-7-9(13)6-10(14)8-11/h3,5-8H,2,4H2,1H3,(H,15,16). The van der Waals surface area contributed by atoms with E-state index in [4.69, 9.17) is 23.2 Å². The van der Waals surface area contributed by atoms with Crippen LogP contribution in [0.5, 0.6) is 0 Å². The van der Waals surface area contributed by atoms with Gasteiger partial charge in [0, 0.05) is 34.7 Å². The molecule has 0 aliphatic heterocycles. The van der Waals surface area contributed by atoms with Crippen LogP contribution in [0.15, 0.2) is 30.6 Å². The topological polar surface area (TPSA) is 29.9 Å². The number of hydrogen-bond acceptors (Lipinski definition) is 2. The summed E-state index contributed by atoms with van der Waals surface area (Å²) in [5.74, 6) is 0.796. The molecule has 0 spiro atoms. The first-order valence-electron chi connectivity index (χ1n) is 5.43. The second-order valence-electron chi connectivity index (χ2n) is 3.73. The highest BCUT2D eigenvalue weighted by Gasteiger charge is 2.03. The lowest BCUT2D eigenvalue weighted by Crippen LogP contribution is -2.02. The van der Waals surface area contributed by atoms with Gasteiger partial charge in [-0.1, -0.05) is 30.1 Å². The number of aromatic nitrogens is 2. The third kappa shape index (κ3) is 3.14. The molecule has 0 aliphatic carbocycles.